The predicted molar refractivity (Wildman–Crippen MR) is 91.5 cm³/mol. The van der Waals surface area contributed by atoms with E-state index in [0.717, 1.165) is 0 Å². The van der Waals surface area contributed by atoms with E-state index < -0.39 is 0 Å². The number of rotatable bonds is 4. The smallest absolute Gasteiger partial charge is 0.242 e. The van der Waals surface area contributed by atoms with Crippen LogP contribution in [-0.4, -0.2) is 61.2 Å². The Hall–Kier alpha value is -2.77. The molecule has 1 fully saturated rings. The molecule has 1 aromatic heterocycles. The van der Waals surface area contributed by atoms with Crippen LogP contribution in [0.4, 0.5) is 11.8 Å². The summed E-state index contributed by atoms with van der Waals surface area (Å²) in [5.41, 5.74) is 6.75. The zero-order valence-electron chi connectivity index (χ0n) is 14.1. The van der Waals surface area contributed by atoms with Gasteiger partial charge in [-0.3, -0.25) is 4.79 Å². The van der Waals surface area contributed by atoms with Crippen molar-refractivity contribution in [3.8, 4) is 11.5 Å². The molecule has 0 bridgehead atoms. The Labute approximate surface area is 140 Å². The van der Waals surface area contributed by atoms with Gasteiger partial charge in [0, 0.05) is 31.1 Å². The predicted octanol–water partition coefficient (Wildman–Crippen LogP) is 0.898. The topological polar surface area (TPSA) is 93.8 Å². The Morgan fingerprint density at radius 3 is 2.50 bits per heavy atom. The highest BCUT2D eigenvalue weighted by atomic mass is 16.5. The van der Waals surface area contributed by atoms with Crippen molar-refractivity contribution in [2.75, 3.05) is 51.0 Å². The average Bonchev–Trinajstić information content (AvgIpc) is 2.60. The number of anilines is 2. The summed E-state index contributed by atoms with van der Waals surface area (Å²) in [4.78, 5) is 24.7. The molecule has 2 N–H and O–H groups in total. The molecule has 1 aliphatic rings. The number of nitrogens with two attached hydrogens (primary N) is 1. The first kappa shape index (κ1) is 16.1. The summed E-state index contributed by atoms with van der Waals surface area (Å²) in [6, 6.07) is 3.52. The summed E-state index contributed by atoms with van der Waals surface area (Å²) >= 11 is 0. The number of methoxy groups -OCH3 is 2. The van der Waals surface area contributed by atoms with Crippen molar-refractivity contribution in [3.05, 3.63) is 12.1 Å². The monoisotopic (exact) mass is 331 g/mol. The number of nitrogens with zero attached hydrogens (tertiary/aromatic N) is 4. The van der Waals surface area contributed by atoms with Gasteiger partial charge in [-0.1, -0.05) is 0 Å². The standard InChI is InChI=1S/C16H21N5O3/c1-4-20-5-6-21(9-14(20)22)16-18-11-8-13(24-3)12(23-2)7-10(11)15(17)19-16/h7-8H,4-6,9H2,1-3H3,(H2,17,18,19). The third-order valence-corrected chi connectivity index (χ3v) is 4.20. The molecule has 8 nitrogen and oxygen atoms in total. The quantitative estimate of drug-likeness (QED) is 0.889. The number of likely N-dealkylation sites (N-methyl/N-ethyl adjacent to an activating group) is 1. The van der Waals surface area contributed by atoms with Crippen molar-refractivity contribution in [2.24, 2.45) is 0 Å². The lowest BCUT2D eigenvalue weighted by molar-refractivity contribution is -0.130. The molecule has 0 atom stereocenters. The molecule has 0 aliphatic carbocycles. The highest BCUT2D eigenvalue weighted by Gasteiger charge is 2.25. The van der Waals surface area contributed by atoms with Gasteiger partial charge in [-0.15, -0.1) is 0 Å². The van der Waals surface area contributed by atoms with Gasteiger partial charge in [-0.05, 0) is 13.0 Å². The fraction of sp³-hybridized carbons (Fsp3) is 0.438. The van der Waals surface area contributed by atoms with Gasteiger partial charge in [0.05, 0.1) is 26.3 Å². The van der Waals surface area contributed by atoms with Crippen LogP contribution in [0.25, 0.3) is 10.9 Å². The maximum Gasteiger partial charge on any atom is 0.242 e. The Morgan fingerprint density at radius 1 is 1.17 bits per heavy atom. The van der Waals surface area contributed by atoms with Gasteiger partial charge in [-0.2, -0.15) is 4.98 Å². The first-order valence-corrected chi connectivity index (χ1v) is 7.79. The van der Waals surface area contributed by atoms with E-state index in [2.05, 4.69) is 9.97 Å². The zero-order chi connectivity index (χ0) is 17.3. The number of nitrogen functional groups attached to an aromatic ring is 1. The largest absolute Gasteiger partial charge is 0.493 e. The van der Waals surface area contributed by atoms with Crippen molar-refractivity contribution in [2.45, 2.75) is 6.92 Å². The van der Waals surface area contributed by atoms with E-state index in [0.29, 0.717) is 53.8 Å². The Bertz CT molecular complexity index is 780. The van der Waals surface area contributed by atoms with Gasteiger partial charge in [-0.25, -0.2) is 4.98 Å². The minimum absolute atomic E-state index is 0.0679. The maximum absolute atomic E-state index is 12.1. The summed E-state index contributed by atoms with van der Waals surface area (Å²) in [5.74, 6) is 2.01. The average molecular weight is 331 g/mol. The van der Waals surface area contributed by atoms with E-state index in [9.17, 15) is 4.79 Å². The molecule has 128 valence electrons. The first-order valence-electron chi connectivity index (χ1n) is 7.79. The van der Waals surface area contributed by atoms with Gasteiger partial charge in [0.2, 0.25) is 11.9 Å². The van der Waals surface area contributed by atoms with Crippen LogP contribution in [0.15, 0.2) is 12.1 Å². The van der Waals surface area contributed by atoms with Crippen LogP contribution >= 0.6 is 0 Å². The van der Waals surface area contributed by atoms with Gasteiger partial charge in [0.15, 0.2) is 11.5 Å². The summed E-state index contributed by atoms with van der Waals surface area (Å²) < 4.78 is 10.6. The Morgan fingerprint density at radius 2 is 1.88 bits per heavy atom. The molecule has 0 unspecified atom stereocenters. The van der Waals surface area contributed by atoms with Gasteiger partial charge in [0.1, 0.15) is 5.82 Å². The van der Waals surface area contributed by atoms with Crippen LogP contribution in [0.1, 0.15) is 6.92 Å². The lowest BCUT2D eigenvalue weighted by Crippen LogP contribution is -2.50. The molecular weight excluding hydrogens is 310 g/mol. The summed E-state index contributed by atoms with van der Waals surface area (Å²) in [7, 11) is 3.13. The van der Waals surface area contributed by atoms with E-state index >= 15 is 0 Å². The number of fused-ring (bicyclic) bond motifs is 1. The second-order valence-corrected chi connectivity index (χ2v) is 5.53. The van der Waals surface area contributed by atoms with Crippen LogP contribution < -0.4 is 20.1 Å². The molecular formula is C16H21N5O3. The van der Waals surface area contributed by atoms with Crippen molar-refractivity contribution < 1.29 is 14.3 Å². The second kappa shape index (κ2) is 6.38. The van der Waals surface area contributed by atoms with Crippen molar-refractivity contribution in [3.63, 3.8) is 0 Å². The van der Waals surface area contributed by atoms with Crippen LogP contribution in [0.2, 0.25) is 0 Å². The van der Waals surface area contributed by atoms with Crippen LogP contribution in [0.5, 0.6) is 11.5 Å². The molecule has 2 aromatic rings. The van der Waals surface area contributed by atoms with Gasteiger partial charge < -0.3 is 25.0 Å². The van der Waals surface area contributed by atoms with Crippen molar-refractivity contribution >= 4 is 28.6 Å². The minimum Gasteiger partial charge on any atom is -0.493 e. The second-order valence-electron chi connectivity index (χ2n) is 5.53. The highest BCUT2D eigenvalue weighted by molar-refractivity contribution is 5.92. The number of piperazine rings is 1. The van der Waals surface area contributed by atoms with E-state index in [-0.39, 0.29) is 12.5 Å². The van der Waals surface area contributed by atoms with E-state index in [4.69, 9.17) is 15.2 Å². The molecule has 3 rings (SSSR count). The third-order valence-electron chi connectivity index (χ3n) is 4.20. The number of benzene rings is 1. The van der Waals surface area contributed by atoms with E-state index in [1.807, 2.05) is 16.7 Å². The summed E-state index contributed by atoms with van der Waals surface area (Å²) in [6.45, 7) is 4.27. The maximum atomic E-state index is 12.1. The molecule has 1 amide bonds. The minimum atomic E-state index is 0.0679. The Balaban J connectivity index is 2.00. The highest BCUT2D eigenvalue weighted by Crippen LogP contribution is 2.34. The number of carbonyl (C=O) groups is 1. The first-order chi connectivity index (χ1) is 11.6. The molecule has 2 heterocycles. The summed E-state index contributed by atoms with van der Waals surface area (Å²) in [5, 5.41) is 0.690. The van der Waals surface area contributed by atoms with Crippen LogP contribution in [0, 0.1) is 0 Å². The van der Waals surface area contributed by atoms with Gasteiger partial charge >= 0.3 is 0 Å². The molecule has 0 radical (unpaired) electrons. The number of carbonyl (C=O) groups excluding carboxylic acids is 1. The normalized spacial score (nSPS) is 15.0. The fourth-order valence-electron chi connectivity index (χ4n) is 2.82. The number of hydrogen-bond donors (Lipinski definition) is 1. The number of hydrogen-bond acceptors (Lipinski definition) is 7. The van der Waals surface area contributed by atoms with Crippen molar-refractivity contribution in [1.82, 2.24) is 14.9 Å². The van der Waals surface area contributed by atoms with Gasteiger partial charge in [0.25, 0.3) is 0 Å². The number of aromatic nitrogens is 2. The molecule has 1 aliphatic heterocycles. The molecule has 0 saturated carbocycles. The zero-order valence-corrected chi connectivity index (χ0v) is 14.1. The SMILES string of the molecule is CCN1CCN(c2nc(N)c3cc(OC)c(OC)cc3n2)CC1=O. The van der Waals surface area contributed by atoms with Crippen molar-refractivity contribution in [1.29, 1.82) is 0 Å². The fourth-order valence-corrected chi connectivity index (χ4v) is 2.82. The molecule has 24 heavy (non-hydrogen) atoms. The number of ether oxygens (including phenoxy) is 2. The Kier molecular flexibility index (Phi) is 4.28. The molecule has 1 aromatic carbocycles. The van der Waals surface area contributed by atoms with E-state index in [1.54, 1.807) is 26.4 Å². The third kappa shape index (κ3) is 2.75. The van der Waals surface area contributed by atoms with E-state index in [1.165, 1.54) is 0 Å². The molecule has 1 saturated heterocycles. The lowest BCUT2D eigenvalue weighted by Gasteiger charge is -2.33. The summed E-state index contributed by atoms with van der Waals surface area (Å²) in [6.07, 6.45) is 0. The van der Waals surface area contributed by atoms with Crippen LogP contribution in [0.3, 0.4) is 0 Å². The van der Waals surface area contributed by atoms with Crippen LogP contribution in [-0.2, 0) is 4.79 Å². The number of amides is 1. The lowest BCUT2D eigenvalue weighted by atomic mass is 10.2. The molecule has 0 spiro atoms. The molecule has 8 heteroatoms.